The third-order valence-electron chi connectivity index (χ3n) is 5.02. The maximum atomic E-state index is 12.6. The van der Waals surface area contributed by atoms with Gasteiger partial charge in [-0.3, -0.25) is 4.79 Å². The van der Waals surface area contributed by atoms with Crippen LogP contribution < -0.4 is 4.90 Å². The number of aromatic nitrogens is 1. The van der Waals surface area contributed by atoms with E-state index in [0.717, 1.165) is 38.0 Å². The van der Waals surface area contributed by atoms with Gasteiger partial charge in [-0.1, -0.05) is 18.2 Å². The number of piperidine rings is 1. The summed E-state index contributed by atoms with van der Waals surface area (Å²) in [6, 6.07) is 12.5. The Labute approximate surface area is 162 Å². The maximum absolute atomic E-state index is 12.6. The molecule has 0 radical (unpaired) electrons. The summed E-state index contributed by atoms with van der Waals surface area (Å²) in [7, 11) is 2.10. The number of quaternary nitrogens is 1. The lowest BCUT2D eigenvalue weighted by molar-refractivity contribution is -0.885. The van der Waals surface area contributed by atoms with Crippen molar-refractivity contribution in [3.63, 3.8) is 0 Å². The fraction of sp³-hybridized carbons (Fsp3) is 0.400. The van der Waals surface area contributed by atoms with Crippen LogP contribution >= 0.6 is 22.7 Å². The molecule has 0 saturated carbocycles. The van der Waals surface area contributed by atoms with Gasteiger partial charge in [0.25, 0.3) is 5.91 Å². The zero-order valence-corrected chi connectivity index (χ0v) is 16.6. The molecule has 26 heavy (non-hydrogen) atoms. The first-order chi connectivity index (χ1) is 12.7. The van der Waals surface area contributed by atoms with Gasteiger partial charge in [0.15, 0.2) is 6.54 Å². The molecular formula is C20H24N3OS2+. The monoisotopic (exact) mass is 386 g/mol. The average molecular weight is 387 g/mol. The van der Waals surface area contributed by atoms with E-state index in [2.05, 4.69) is 42.8 Å². The fourth-order valence-electron chi connectivity index (χ4n) is 3.58. The topological polar surface area (TPSA) is 37.6 Å². The van der Waals surface area contributed by atoms with Crippen molar-refractivity contribution in [3.05, 3.63) is 51.7 Å². The molecule has 4 nitrogen and oxygen atoms in total. The Balaban J connectivity index is 1.30. The summed E-state index contributed by atoms with van der Waals surface area (Å²) in [6.45, 7) is 3.20. The van der Waals surface area contributed by atoms with Crippen molar-refractivity contribution in [2.45, 2.75) is 25.3 Å². The zero-order valence-electron chi connectivity index (χ0n) is 15.0. The molecule has 1 aliphatic heterocycles. The molecule has 1 atom stereocenters. The summed E-state index contributed by atoms with van der Waals surface area (Å²) in [5, 5.41) is 3.33. The molecule has 136 valence electrons. The highest BCUT2D eigenvalue weighted by Crippen LogP contribution is 2.33. The summed E-state index contributed by atoms with van der Waals surface area (Å²) in [6.07, 6.45) is 2.05. The van der Waals surface area contributed by atoms with Crippen LogP contribution in [0.25, 0.3) is 10.2 Å². The highest BCUT2D eigenvalue weighted by molar-refractivity contribution is 7.18. The van der Waals surface area contributed by atoms with Gasteiger partial charge in [-0.15, -0.1) is 22.7 Å². The van der Waals surface area contributed by atoms with Gasteiger partial charge in [0, 0.05) is 19.0 Å². The SMILES string of the molecule is C[NH+](CC(=O)N1CCC(c2nc3ccccc3s2)CC1)Cc1cccs1. The molecule has 1 saturated heterocycles. The standard InChI is InChI=1S/C20H23N3OS2/c1-22(13-16-5-4-12-25-16)14-19(24)23-10-8-15(9-11-23)20-21-17-6-2-3-7-18(17)26-20/h2-7,12,15H,8-11,13-14H2,1H3/p+1. The second kappa shape index (κ2) is 7.86. The second-order valence-corrected chi connectivity index (χ2v) is 9.16. The average Bonchev–Trinajstić information content (AvgIpc) is 3.31. The summed E-state index contributed by atoms with van der Waals surface area (Å²) in [5.74, 6) is 0.773. The first-order valence-electron chi connectivity index (χ1n) is 9.16. The summed E-state index contributed by atoms with van der Waals surface area (Å²) in [4.78, 5) is 22.1. The van der Waals surface area contributed by atoms with Gasteiger partial charge in [-0.25, -0.2) is 4.98 Å². The molecule has 3 aromatic rings. The van der Waals surface area contributed by atoms with Gasteiger partial charge in [-0.2, -0.15) is 0 Å². The minimum absolute atomic E-state index is 0.279. The van der Waals surface area contributed by atoms with Crippen molar-refractivity contribution < 1.29 is 9.69 Å². The van der Waals surface area contributed by atoms with Crippen molar-refractivity contribution >= 4 is 38.8 Å². The van der Waals surface area contributed by atoms with Gasteiger partial charge in [0.1, 0.15) is 6.54 Å². The molecule has 1 aliphatic rings. The van der Waals surface area contributed by atoms with Crippen LogP contribution in [0.5, 0.6) is 0 Å². The van der Waals surface area contributed by atoms with Crippen LogP contribution in [0, 0.1) is 0 Å². The number of hydrogen-bond acceptors (Lipinski definition) is 4. The van der Waals surface area contributed by atoms with Crippen LogP contribution in [0.4, 0.5) is 0 Å². The van der Waals surface area contributed by atoms with E-state index < -0.39 is 0 Å². The van der Waals surface area contributed by atoms with Gasteiger partial charge in [0.2, 0.25) is 0 Å². The van der Waals surface area contributed by atoms with Crippen molar-refractivity contribution in [1.82, 2.24) is 9.88 Å². The van der Waals surface area contributed by atoms with Crippen LogP contribution in [-0.2, 0) is 11.3 Å². The number of nitrogens with zero attached hydrogens (tertiary/aromatic N) is 2. The number of nitrogens with one attached hydrogen (secondary N) is 1. The van der Waals surface area contributed by atoms with Crippen molar-refractivity contribution in [3.8, 4) is 0 Å². The number of carbonyl (C=O) groups excluding carboxylic acids is 1. The third-order valence-corrected chi connectivity index (χ3v) is 7.09. The molecule has 1 aromatic carbocycles. The summed E-state index contributed by atoms with van der Waals surface area (Å²) < 4.78 is 1.26. The Morgan fingerprint density at radius 2 is 2.04 bits per heavy atom. The van der Waals surface area contributed by atoms with Gasteiger partial charge < -0.3 is 9.80 Å². The Morgan fingerprint density at radius 3 is 2.77 bits per heavy atom. The highest BCUT2D eigenvalue weighted by atomic mass is 32.1. The van der Waals surface area contributed by atoms with Crippen LogP contribution in [-0.4, -0.2) is 42.5 Å². The van der Waals surface area contributed by atoms with Crippen LogP contribution in [0.1, 0.15) is 28.6 Å². The number of rotatable bonds is 5. The predicted octanol–water partition coefficient (Wildman–Crippen LogP) is 2.78. The summed E-state index contributed by atoms with van der Waals surface area (Å²) in [5.41, 5.74) is 1.10. The van der Waals surface area contributed by atoms with E-state index in [0.29, 0.717) is 12.5 Å². The smallest absolute Gasteiger partial charge is 0.277 e. The number of likely N-dealkylation sites (tertiary alicyclic amines) is 1. The number of thiophene rings is 1. The highest BCUT2D eigenvalue weighted by Gasteiger charge is 2.27. The first-order valence-corrected chi connectivity index (χ1v) is 10.9. The van der Waals surface area contributed by atoms with Gasteiger partial charge >= 0.3 is 0 Å². The van der Waals surface area contributed by atoms with Gasteiger partial charge in [-0.05, 0) is 36.4 Å². The lowest BCUT2D eigenvalue weighted by atomic mass is 9.97. The minimum Gasteiger partial charge on any atom is -0.338 e. The van der Waals surface area contributed by atoms with Crippen LogP contribution in [0.3, 0.4) is 0 Å². The minimum atomic E-state index is 0.279. The number of amides is 1. The van der Waals surface area contributed by atoms with Crippen molar-refractivity contribution in [2.24, 2.45) is 0 Å². The molecule has 1 unspecified atom stereocenters. The van der Waals surface area contributed by atoms with E-state index in [1.807, 2.05) is 22.3 Å². The van der Waals surface area contributed by atoms with Crippen LogP contribution in [0.2, 0.25) is 0 Å². The molecule has 2 aromatic heterocycles. The molecule has 1 fully saturated rings. The maximum Gasteiger partial charge on any atom is 0.277 e. The van der Waals surface area contributed by atoms with Crippen molar-refractivity contribution in [2.75, 3.05) is 26.7 Å². The van der Waals surface area contributed by atoms with E-state index in [1.165, 1.54) is 19.5 Å². The zero-order chi connectivity index (χ0) is 17.9. The normalized spacial score (nSPS) is 16.9. The van der Waals surface area contributed by atoms with E-state index in [9.17, 15) is 4.79 Å². The summed E-state index contributed by atoms with van der Waals surface area (Å²) >= 11 is 3.57. The quantitative estimate of drug-likeness (QED) is 0.732. The van der Waals surface area contributed by atoms with Gasteiger partial charge in [0.05, 0.1) is 27.1 Å². The second-order valence-electron chi connectivity index (χ2n) is 7.06. The molecule has 6 heteroatoms. The molecule has 1 amide bonds. The number of carbonyl (C=O) groups is 1. The molecule has 0 spiro atoms. The van der Waals surface area contributed by atoms with Crippen LogP contribution in [0.15, 0.2) is 41.8 Å². The third kappa shape index (κ3) is 3.98. The number of benzene rings is 1. The molecule has 4 rings (SSSR count). The Hall–Kier alpha value is -1.76. The number of fused-ring (bicyclic) bond motifs is 1. The number of hydrogen-bond donors (Lipinski definition) is 1. The van der Waals surface area contributed by atoms with E-state index in [1.54, 1.807) is 11.3 Å². The molecule has 0 aliphatic carbocycles. The Kier molecular flexibility index (Phi) is 5.33. The van der Waals surface area contributed by atoms with E-state index in [4.69, 9.17) is 4.98 Å². The lowest BCUT2D eigenvalue weighted by Crippen LogP contribution is -3.08. The molecule has 3 heterocycles. The van der Waals surface area contributed by atoms with E-state index >= 15 is 0 Å². The first kappa shape index (κ1) is 17.6. The number of likely N-dealkylation sites (N-methyl/N-ethyl adjacent to an activating group) is 1. The lowest BCUT2D eigenvalue weighted by Gasteiger charge is -2.31. The Bertz CT molecular complexity index is 833. The fourth-order valence-corrected chi connectivity index (χ4v) is 5.54. The van der Waals surface area contributed by atoms with E-state index in [-0.39, 0.29) is 5.91 Å². The molecule has 0 bridgehead atoms. The molecule has 1 N–H and O–H groups in total. The number of thiazole rings is 1. The Morgan fingerprint density at radius 1 is 1.23 bits per heavy atom. The largest absolute Gasteiger partial charge is 0.338 e. The van der Waals surface area contributed by atoms with Crippen molar-refractivity contribution in [1.29, 1.82) is 0 Å². The molecular weight excluding hydrogens is 362 g/mol. The predicted molar refractivity (Wildman–Crippen MR) is 108 cm³/mol. The number of para-hydroxylation sites is 1.